The van der Waals surface area contributed by atoms with E-state index in [1.54, 1.807) is 37.3 Å². The lowest BCUT2D eigenvalue weighted by molar-refractivity contribution is -0.132. The fraction of sp³-hybridized carbons (Fsp3) is 0.400. The molecule has 0 saturated carbocycles. The number of rotatable bonds is 6. The Morgan fingerprint density at radius 1 is 1.11 bits per heavy atom. The first-order valence-corrected chi connectivity index (χ1v) is 11.5. The Hall–Kier alpha value is -3.30. The third-order valence-electron chi connectivity index (χ3n) is 5.61. The highest BCUT2D eigenvalue weighted by atomic mass is 35.5. The zero-order chi connectivity index (χ0) is 25.3. The number of aromatic nitrogens is 2. The number of nitrogens with one attached hydrogen (secondary N) is 1. The largest absolute Gasteiger partial charge is 0.493 e. The molecule has 0 fully saturated rings. The number of nitrogens with zero attached hydrogens (tertiary/aromatic N) is 2. The van der Waals surface area contributed by atoms with Gasteiger partial charge >= 0.3 is 5.76 Å². The van der Waals surface area contributed by atoms with Crippen molar-refractivity contribution in [2.45, 2.75) is 39.4 Å². The molecule has 1 aliphatic heterocycles. The average molecular weight is 502 g/mol. The van der Waals surface area contributed by atoms with Gasteiger partial charge in [0, 0.05) is 34.8 Å². The summed E-state index contributed by atoms with van der Waals surface area (Å²) in [6, 6.07) is 10.8. The number of carbonyl (C=O) groups is 1. The highest BCUT2D eigenvalue weighted by Gasteiger charge is 2.39. The fourth-order valence-corrected chi connectivity index (χ4v) is 4.40. The van der Waals surface area contributed by atoms with E-state index in [2.05, 4.69) is 10.1 Å². The maximum atomic E-state index is 13.9. The lowest BCUT2D eigenvalue weighted by atomic mass is 9.94. The first-order chi connectivity index (χ1) is 16.6. The van der Waals surface area contributed by atoms with E-state index in [1.807, 2.05) is 39.0 Å². The summed E-state index contributed by atoms with van der Waals surface area (Å²) in [5, 5.41) is 2.97. The summed E-state index contributed by atoms with van der Waals surface area (Å²) in [5.41, 5.74) is 1.84. The van der Waals surface area contributed by atoms with Crippen LogP contribution in [0.2, 0.25) is 5.02 Å². The van der Waals surface area contributed by atoms with E-state index in [4.69, 9.17) is 30.3 Å². The molecule has 0 saturated heterocycles. The molecule has 2 atom stereocenters. The minimum absolute atomic E-state index is 0.00964. The van der Waals surface area contributed by atoms with Crippen LogP contribution in [0.4, 0.5) is 5.69 Å². The van der Waals surface area contributed by atoms with Crippen LogP contribution in [-0.2, 0) is 16.0 Å². The maximum Gasteiger partial charge on any atom is 0.459 e. The van der Waals surface area contributed by atoms with Crippen LogP contribution in [0.5, 0.6) is 11.5 Å². The topological polar surface area (TPSA) is 107 Å². The van der Waals surface area contributed by atoms with Crippen LogP contribution >= 0.6 is 11.6 Å². The van der Waals surface area contributed by atoms with Crippen molar-refractivity contribution in [3.05, 3.63) is 68.9 Å². The van der Waals surface area contributed by atoms with Crippen molar-refractivity contribution in [1.82, 2.24) is 10.1 Å². The van der Waals surface area contributed by atoms with Crippen molar-refractivity contribution in [2.24, 2.45) is 5.41 Å². The van der Waals surface area contributed by atoms with Gasteiger partial charge in [0.2, 0.25) is 0 Å². The molecule has 2 aromatic carbocycles. The number of aromatic amines is 1. The van der Waals surface area contributed by atoms with Crippen molar-refractivity contribution in [3.63, 3.8) is 0 Å². The first-order valence-electron chi connectivity index (χ1n) is 11.1. The van der Waals surface area contributed by atoms with E-state index in [-0.39, 0.29) is 23.6 Å². The Labute approximate surface area is 207 Å². The van der Waals surface area contributed by atoms with Gasteiger partial charge in [-0.3, -0.25) is 4.79 Å². The number of carbonyl (C=O) groups excluding carboxylic acids is 1. The molecule has 35 heavy (non-hydrogen) atoms. The molecule has 0 unspecified atom stereocenters. The van der Waals surface area contributed by atoms with Crippen LogP contribution in [0, 0.1) is 5.41 Å². The summed E-state index contributed by atoms with van der Waals surface area (Å²) in [4.78, 5) is 30.9. The van der Waals surface area contributed by atoms with Gasteiger partial charge in [-0.15, -0.1) is 0 Å². The van der Waals surface area contributed by atoms with Gasteiger partial charge in [-0.1, -0.05) is 44.5 Å². The Balaban J connectivity index is 1.92. The molecule has 0 spiro atoms. The minimum Gasteiger partial charge on any atom is -0.493 e. The maximum absolute atomic E-state index is 13.9. The lowest BCUT2D eigenvalue weighted by Crippen LogP contribution is -2.44. The molecule has 186 valence electrons. The van der Waals surface area contributed by atoms with Gasteiger partial charge in [-0.05, 0) is 29.7 Å². The first kappa shape index (κ1) is 24.8. The van der Waals surface area contributed by atoms with Crippen LogP contribution in [0.3, 0.4) is 0 Å². The minimum atomic E-state index is -0.981. The number of H-pyrrole nitrogens is 1. The molecule has 0 bridgehead atoms. The summed E-state index contributed by atoms with van der Waals surface area (Å²) in [5.74, 6) is 0.183. The normalized spacial score (nSPS) is 18.2. The predicted molar refractivity (Wildman–Crippen MR) is 130 cm³/mol. The van der Waals surface area contributed by atoms with Gasteiger partial charge in [-0.25, -0.2) is 9.95 Å². The molecular weight excluding hydrogens is 474 g/mol. The molecular formula is C25H28ClN3O6. The number of ether oxygens (including phenoxy) is 3. The molecule has 2 heterocycles. The van der Waals surface area contributed by atoms with Crippen LogP contribution in [0.25, 0.3) is 0 Å². The highest BCUT2D eigenvalue weighted by molar-refractivity contribution is 6.30. The highest BCUT2D eigenvalue weighted by Crippen LogP contribution is 2.45. The summed E-state index contributed by atoms with van der Waals surface area (Å²) < 4.78 is 22.4. The summed E-state index contributed by atoms with van der Waals surface area (Å²) in [6.45, 7) is 6.58. The van der Waals surface area contributed by atoms with E-state index >= 15 is 0 Å². The fourth-order valence-electron chi connectivity index (χ4n) is 4.22. The van der Waals surface area contributed by atoms with Gasteiger partial charge in [-0.2, -0.15) is 4.98 Å². The molecule has 0 radical (unpaired) electrons. The van der Waals surface area contributed by atoms with Crippen LogP contribution in [0.15, 0.2) is 45.7 Å². The Kier molecular flexibility index (Phi) is 6.91. The van der Waals surface area contributed by atoms with Gasteiger partial charge in [0.25, 0.3) is 5.91 Å². The van der Waals surface area contributed by atoms with Gasteiger partial charge < -0.3 is 23.6 Å². The van der Waals surface area contributed by atoms with Gasteiger partial charge in [0.15, 0.2) is 11.5 Å². The SMILES string of the molecule is COc1cccc([C@H]2O[C@H](Cc3nc(=O)o[nH]3)C(=O)N(CC(C)(C)C)c3ccc(Cl)cc32)c1OC. The number of amides is 1. The number of halogens is 1. The molecule has 4 rings (SSSR count). The second-order valence-electron chi connectivity index (χ2n) is 9.51. The quantitative estimate of drug-likeness (QED) is 0.540. The van der Waals surface area contributed by atoms with Crippen molar-refractivity contribution in [1.29, 1.82) is 0 Å². The zero-order valence-electron chi connectivity index (χ0n) is 20.3. The number of anilines is 1. The van der Waals surface area contributed by atoms with Crippen molar-refractivity contribution in [3.8, 4) is 11.5 Å². The van der Waals surface area contributed by atoms with E-state index in [9.17, 15) is 9.59 Å². The molecule has 9 nitrogen and oxygen atoms in total. The van der Waals surface area contributed by atoms with E-state index in [1.165, 1.54) is 0 Å². The third kappa shape index (κ3) is 5.21. The molecule has 1 amide bonds. The molecule has 1 aromatic heterocycles. The van der Waals surface area contributed by atoms with Crippen LogP contribution in [0.1, 0.15) is 43.8 Å². The number of benzene rings is 2. The Morgan fingerprint density at radius 3 is 2.51 bits per heavy atom. The zero-order valence-corrected chi connectivity index (χ0v) is 21.0. The number of hydrogen-bond acceptors (Lipinski definition) is 7. The molecule has 1 N–H and O–H groups in total. The number of hydrogen-bond donors (Lipinski definition) is 1. The van der Waals surface area contributed by atoms with Gasteiger partial charge in [0.05, 0.1) is 14.2 Å². The predicted octanol–water partition coefficient (Wildman–Crippen LogP) is 4.14. The molecule has 1 aliphatic rings. The standard InChI is InChI=1S/C25H28ClN3O6/c1-25(2,3)13-29-17-10-9-14(26)11-16(17)21(15-7-6-8-18(32-4)22(15)33-5)34-19(23(29)30)12-20-27-24(31)35-28-20/h6-11,19,21H,12-13H2,1-5H3,(H,27,28,31)/t19-,21-/m1/s1. The summed E-state index contributed by atoms with van der Waals surface area (Å²) in [7, 11) is 3.10. The van der Waals surface area contributed by atoms with Crippen LogP contribution in [-0.4, -0.2) is 42.9 Å². The second kappa shape index (κ2) is 9.75. The summed E-state index contributed by atoms with van der Waals surface area (Å²) in [6.07, 6.45) is -1.70. The van der Waals surface area contributed by atoms with E-state index in [0.29, 0.717) is 39.9 Å². The van der Waals surface area contributed by atoms with E-state index in [0.717, 1.165) is 0 Å². The average Bonchev–Trinajstić information content (AvgIpc) is 3.19. The van der Waals surface area contributed by atoms with Crippen molar-refractivity contribution >= 4 is 23.2 Å². The number of fused-ring (bicyclic) bond motifs is 1. The molecule has 3 aromatic rings. The Morgan fingerprint density at radius 2 is 1.89 bits per heavy atom. The van der Waals surface area contributed by atoms with Crippen molar-refractivity contribution in [2.75, 3.05) is 25.7 Å². The second-order valence-corrected chi connectivity index (χ2v) is 9.94. The summed E-state index contributed by atoms with van der Waals surface area (Å²) >= 11 is 6.42. The molecule has 0 aliphatic carbocycles. The Bertz CT molecular complexity index is 1280. The van der Waals surface area contributed by atoms with Crippen LogP contribution < -0.4 is 20.1 Å². The van der Waals surface area contributed by atoms with E-state index < -0.39 is 18.0 Å². The number of methoxy groups -OCH3 is 2. The molecule has 10 heteroatoms. The monoisotopic (exact) mass is 501 g/mol. The van der Waals surface area contributed by atoms with Crippen molar-refractivity contribution < 1.29 is 23.5 Å². The lowest BCUT2D eigenvalue weighted by Gasteiger charge is -2.31. The number of para-hydroxylation sites is 1. The third-order valence-corrected chi connectivity index (χ3v) is 5.85. The smallest absolute Gasteiger partial charge is 0.459 e. The van der Waals surface area contributed by atoms with Gasteiger partial charge in [0.1, 0.15) is 18.0 Å².